The van der Waals surface area contributed by atoms with E-state index < -0.39 is 0 Å². The zero-order chi connectivity index (χ0) is 13.9. The Kier molecular flexibility index (Phi) is 3.29. The second-order valence-corrected chi connectivity index (χ2v) is 4.57. The molecule has 1 aliphatic rings. The van der Waals surface area contributed by atoms with Crippen LogP contribution in [0.25, 0.3) is 11.1 Å². The normalized spacial score (nSPS) is 14.7. The Morgan fingerprint density at radius 2 is 2.00 bits per heavy atom. The molecule has 3 nitrogen and oxygen atoms in total. The lowest BCUT2D eigenvalue weighted by Crippen LogP contribution is -2.33. The number of nitrogens with zero attached hydrogens (tertiary/aromatic N) is 2. The van der Waals surface area contributed by atoms with Gasteiger partial charge in [0.25, 0.3) is 5.91 Å². The Morgan fingerprint density at radius 1 is 1.15 bits per heavy atom. The molecule has 0 spiro atoms. The molecule has 3 rings (SSSR count). The monoisotopic (exact) mass is 268 g/mol. The van der Waals surface area contributed by atoms with E-state index in [-0.39, 0.29) is 11.7 Å². The van der Waals surface area contributed by atoms with Gasteiger partial charge in [-0.25, -0.2) is 9.37 Å². The Morgan fingerprint density at radius 3 is 2.70 bits per heavy atom. The second-order valence-electron chi connectivity index (χ2n) is 4.57. The number of aromatic nitrogens is 1. The van der Waals surface area contributed by atoms with Crippen LogP contribution in [0.1, 0.15) is 6.42 Å². The number of carbonyl (C=O) groups excluding carboxylic acids is 1. The summed E-state index contributed by atoms with van der Waals surface area (Å²) in [5.74, 6) is 0.251. The molecule has 100 valence electrons. The Hall–Kier alpha value is -2.49. The van der Waals surface area contributed by atoms with Crippen molar-refractivity contribution in [1.82, 2.24) is 4.98 Å². The van der Waals surface area contributed by atoms with Gasteiger partial charge in [0.2, 0.25) is 0 Å². The van der Waals surface area contributed by atoms with E-state index in [1.807, 2.05) is 6.08 Å². The molecule has 1 aliphatic heterocycles. The third kappa shape index (κ3) is 2.32. The van der Waals surface area contributed by atoms with Crippen LogP contribution in [0.2, 0.25) is 0 Å². The van der Waals surface area contributed by atoms with E-state index in [0.29, 0.717) is 23.5 Å². The molecule has 0 N–H and O–H groups in total. The first-order valence-corrected chi connectivity index (χ1v) is 6.45. The van der Waals surface area contributed by atoms with Gasteiger partial charge >= 0.3 is 0 Å². The summed E-state index contributed by atoms with van der Waals surface area (Å²) in [5, 5.41) is 0. The lowest BCUT2D eigenvalue weighted by molar-refractivity contribution is -0.114. The molecule has 2 heterocycles. The van der Waals surface area contributed by atoms with E-state index in [1.165, 1.54) is 6.07 Å². The molecule has 20 heavy (non-hydrogen) atoms. The van der Waals surface area contributed by atoms with Crippen molar-refractivity contribution in [1.29, 1.82) is 0 Å². The molecule has 0 radical (unpaired) electrons. The standard InChI is InChI=1S/C16H13FN2O/c17-14-6-2-1-5-13(14)12-8-9-15(18-11-12)19-10-4-3-7-16(19)20/h1-3,5-9,11H,4,10H2. The minimum Gasteiger partial charge on any atom is -0.293 e. The first kappa shape index (κ1) is 12.5. The van der Waals surface area contributed by atoms with Crippen molar-refractivity contribution in [3.8, 4) is 11.1 Å². The van der Waals surface area contributed by atoms with Crippen molar-refractivity contribution in [2.45, 2.75) is 6.42 Å². The summed E-state index contributed by atoms with van der Waals surface area (Å²) in [6.07, 6.45) is 5.82. The first-order valence-electron chi connectivity index (χ1n) is 6.45. The molecule has 0 saturated carbocycles. The molecular weight excluding hydrogens is 255 g/mol. The smallest absolute Gasteiger partial charge is 0.251 e. The molecular formula is C16H13FN2O. The summed E-state index contributed by atoms with van der Waals surface area (Å²) < 4.78 is 13.7. The third-order valence-electron chi connectivity index (χ3n) is 3.26. The van der Waals surface area contributed by atoms with Crippen molar-refractivity contribution in [3.05, 3.63) is 60.6 Å². The van der Waals surface area contributed by atoms with E-state index in [4.69, 9.17) is 0 Å². The summed E-state index contributed by atoms with van der Waals surface area (Å²) in [6.45, 7) is 0.626. The molecule has 0 saturated heterocycles. The van der Waals surface area contributed by atoms with Crippen LogP contribution in [0.3, 0.4) is 0 Å². The predicted octanol–water partition coefficient (Wildman–Crippen LogP) is 3.18. The predicted molar refractivity (Wildman–Crippen MR) is 75.7 cm³/mol. The fraction of sp³-hybridized carbons (Fsp3) is 0.125. The van der Waals surface area contributed by atoms with Gasteiger partial charge < -0.3 is 0 Å². The largest absolute Gasteiger partial charge is 0.293 e. The fourth-order valence-electron chi connectivity index (χ4n) is 2.22. The molecule has 0 atom stereocenters. The third-order valence-corrected chi connectivity index (χ3v) is 3.26. The van der Waals surface area contributed by atoms with Gasteiger partial charge in [0.1, 0.15) is 11.6 Å². The van der Waals surface area contributed by atoms with Crippen LogP contribution in [0.15, 0.2) is 54.7 Å². The molecule has 0 bridgehead atoms. The highest BCUT2D eigenvalue weighted by molar-refractivity contribution is 6.01. The lowest BCUT2D eigenvalue weighted by atomic mass is 10.1. The van der Waals surface area contributed by atoms with Gasteiger partial charge in [0.05, 0.1) is 0 Å². The highest BCUT2D eigenvalue weighted by Crippen LogP contribution is 2.24. The molecule has 4 heteroatoms. The average Bonchev–Trinajstić information content (AvgIpc) is 2.49. The highest BCUT2D eigenvalue weighted by Gasteiger charge is 2.16. The van der Waals surface area contributed by atoms with Crippen molar-refractivity contribution in [2.75, 3.05) is 11.4 Å². The van der Waals surface area contributed by atoms with Gasteiger partial charge in [0.15, 0.2) is 0 Å². The number of benzene rings is 1. The van der Waals surface area contributed by atoms with Gasteiger partial charge in [-0.05, 0) is 30.7 Å². The van der Waals surface area contributed by atoms with E-state index in [2.05, 4.69) is 4.98 Å². The van der Waals surface area contributed by atoms with Gasteiger partial charge in [-0.3, -0.25) is 9.69 Å². The Labute approximate surface area is 116 Å². The van der Waals surface area contributed by atoms with Gasteiger partial charge in [-0.15, -0.1) is 0 Å². The highest BCUT2D eigenvalue weighted by atomic mass is 19.1. The van der Waals surface area contributed by atoms with E-state index in [0.717, 1.165) is 6.42 Å². The zero-order valence-electron chi connectivity index (χ0n) is 10.8. The summed E-state index contributed by atoms with van der Waals surface area (Å²) in [7, 11) is 0. The number of anilines is 1. The van der Waals surface area contributed by atoms with Gasteiger partial charge in [0, 0.05) is 23.9 Å². The molecule has 0 unspecified atom stereocenters. The van der Waals surface area contributed by atoms with E-state index >= 15 is 0 Å². The number of hydrogen-bond acceptors (Lipinski definition) is 2. The number of hydrogen-bond donors (Lipinski definition) is 0. The van der Waals surface area contributed by atoms with Crippen LogP contribution in [-0.4, -0.2) is 17.4 Å². The summed E-state index contributed by atoms with van der Waals surface area (Å²) in [6, 6.07) is 10.1. The average molecular weight is 268 g/mol. The zero-order valence-corrected chi connectivity index (χ0v) is 10.8. The maximum absolute atomic E-state index is 13.7. The van der Waals surface area contributed by atoms with Crippen LogP contribution in [0.4, 0.5) is 10.2 Å². The fourth-order valence-corrected chi connectivity index (χ4v) is 2.22. The molecule has 1 amide bonds. The molecule has 0 fully saturated rings. The first-order chi connectivity index (χ1) is 9.75. The lowest BCUT2D eigenvalue weighted by Gasteiger charge is -2.22. The van der Waals surface area contributed by atoms with Crippen LogP contribution < -0.4 is 4.90 Å². The number of halogens is 1. The van der Waals surface area contributed by atoms with E-state index in [9.17, 15) is 9.18 Å². The number of rotatable bonds is 2. The quantitative estimate of drug-likeness (QED) is 0.838. The van der Waals surface area contributed by atoms with Gasteiger partial charge in [-0.2, -0.15) is 0 Å². The minimum absolute atomic E-state index is 0.0672. The Bertz CT molecular complexity index is 664. The van der Waals surface area contributed by atoms with Crippen molar-refractivity contribution >= 4 is 11.7 Å². The molecule has 2 aromatic rings. The molecule has 0 aliphatic carbocycles. The van der Waals surface area contributed by atoms with Crippen LogP contribution >= 0.6 is 0 Å². The van der Waals surface area contributed by atoms with Crippen LogP contribution in [0, 0.1) is 5.82 Å². The molecule has 1 aromatic carbocycles. The summed E-state index contributed by atoms with van der Waals surface area (Å²) >= 11 is 0. The van der Waals surface area contributed by atoms with E-state index in [1.54, 1.807) is 47.5 Å². The maximum atomic E-state index is 13.7. The summed E-state index contributed by atoms with van der Waals surface area (Å²) in [4.78, 5) is 17.6. The topological polar surface area (TPSA) is 33.2 Å². The number of amides is 1. The summed E-state index contributed by atoms with van der Waals surface area (Å²) in [5.41, 5.74) is 1.21. The van der Waals surface area contributed by atoms with Crippen LogP contribution in [0.5, 0.6) is 0 Å². The Balaban J connectivity index is 1.90. The van der Waals surface area contributed by atoms with Gasteiger partial charge in [-0.1, -0.05) is 24.3 Å². The van der Waals surface area contributed by atoms with Crippen molar-refractivity contribution < 1.29 is 9.18 Å². The van der Waals surface area contributed by atoms with Crippen molar-refractivity contribution in [3.63, 3.8) is 0 Å². The number of carbonyl (C=O) groups is 1. The van der Waals surface area contributed by atoms with Crippen molar-refractivity contribution in [2.24, 2.45) is 0 Å². The second kappa shape index (κ2) is 5.25. The SMILES string of the molecule is O=C1C=CCCN1c1ccc(-c2ccccc2F)cn1. The molecule has 1 aromatic heterocycles. The number of pyridine rings is 1. The minimum atomic E-state index is -0.279. The maximum Gasteiger partial charge on any atom is 0.251 e. The van der Waals surface area contributed by atoms with Crippen LogP contribution in [-0.2, 0) is 4.79 Å².